The average Bonchev–Trinajstić information content (AvgIpc) is 2.78. The van der Waals surface area contributed by atoms with Gasteiger partial charge in [0.25, 0.3) is 5.88 Å². The maximum absolute atomic E-state index is 13.0. The molecule has 6 nitrogen and oxygen atoms in total. The number of rotatable bonds is 5. The zero-order valence-corrected chi connectivity index (χ0v) is 19.2. The van der Waals surface area contributed by atoms with E-state index in [1.54, 1.807) is 12.4 Å². The van der Waals surface area contributed by atoms with Crippen molar-refractivity contribution in [2.45, 2.75) is 26.7 Å². The van der Waals surface area contributed by atoms with Gasteiger partial charge in [0, 0.05) is 35.6 Å². The van der Waals surface area contributed by atoms with E-state index in [1.165, 1.54) is 0 Å². The molecule has 0 aliphatic carbocycles. The molecule has 0 radical (unpaired) electrons. The normalized spacial score (nSPS) is 16.1. The van der Waals surface area contributed by atoms with Gasteiger partial charge >= 0.3 is 0 Å². The van der Waals surface area contributed by atoms with Gasteiger partial charge in [-0.05, 0) is 62.6 Å². The van der Waals surface area contributed by atoms with E-state index < -0.39 is 0 Å². The maximum Gasteiger partial charge on any atom is 0.263 e. The highest BCUT2D eigenvalue weighted by Crippen LogP contribution is 2.31. The zero-order chi connectivity index (χ0) is 21.8. The zero-order valence-electron chi connectivity index (χ0n) is 17.6. The van der Waals surface area contributed by atoms with E-state index in [-0.39, 0.29) is 11.8 Å². The Hall–Kier alpha value is -2.93. The molecule has 1 fully saturated rings. The Bertz CT molecular complexity index is 1070. The van der Waals surface area contributed by atoms with Crippen LogP contribution in [-0.2, 0) is 4.79 Å². The van der Waals surface area contributed by atoms with Crippen LogP contribution < -0.4 is 15.0 Å². The van der Waals surface area contributed by atoms with E-state index >= 15 is 0 Å². The molecule has 1 aliphatic rings. The molecule has 1 N–H and O–H groups in total. The van der Waals surface area contributed by atoms with Crippen molar-refractivity contribution in [2.24, 2.45) is 5.92 Å². The lowest BCUT2D eigenvalue weighted by atomic mass is 9.97. The fourth-order valence-corrected chi connectivity index (χ4v) is 4.19. The van der Waals surface area contributed by atoms with Gasteiger partial charge in [-0.15, -0.1) is 0 Å². The van der Waals surface area contributed by atoms with E-state index in [4.69, 9.17) is 4.74 Å². The molecular weight excluding hydrogens is 456 g/mol. The molecule has 3 aromatic rings. The Labute approximate surface area is 190 Å². The van der Waals surface area contributed by atoms with E-state index in [9.17, 15) is 4.79 Å². The molecule has 2 heterocycles. The number of carbonyl (C=O) groups is 1. The topological polar surface area (TPSA) is 67.4 Å². The number of aryl methyl sites for hydroxylation is 2. The molecule has 160 valence electrons. The number of nitrogens with zero attached hydrogens (tertiary/aromatic N) is 3. The number of halogens is 1. The van der Waals surface area contributed by atoms with Crippen LogP contribution in [0.1, 0.15) is 24.0 Å². The lowest BCUT2D eigenvalue weighted by molar-refractivity contribution is -0.120. The van der Waals surface area contributed by atoms with Gasteiger partial charge in [-0.2, -0.15) is 0 Å². The van der Waals surface area contributed by atoms with Gasteiger partial charge in [0.1, 0.15) is 5.75 Å². The minimum atomic E-state index is -0.133. The number of ether oxygens (including phenoxy) is 1. The Balaban J connectivity index is 1.48. The molecule has 7 heteroatoms. The molecule has 1 saturated heterocycles. The molecule has 1 aliphatic heterocycles. The molecule has 0 unspecified atom stereocenters. The van der Waals surface area contributed by atoms with E-state index in [1.807, 2.05) is 56.3 Å². The second-order valence-electron chi connectivity index (χ2n) is 7.83. The highest BCUT2D eigenvalue weighted by Gasteiger charge is 2.29. The summed E-state index contributed by atoms with van der Waals surface area (Å²) in [5.74, 6) is 1.73. The van der Waals surface area contributed by atoms with Crippen molar-refractivity contribution in [1.82, 2.24) is 9.97 Å². The van der Waals surface area contributed by atoms with Crippen molar-refractivity contribution in [1.29, 1.82) is 0 Å². The predicted octanol–water partition coefficient (Wildman–Crippen LogP) is 5.50. The molecule has 1 aromatic heterocycles. The van der Waals surface area contributed by atoms with Crippen LogP contribution in [0.2, 0.25) is 0 Å². The Morgan fingerprint density at radius 3 is 2.68 bits per heavy atom. The highest BCUT2D eigenvalue weighted by atomic mass is 79.9. The third-order valence-corrected chi connectivity index (χ3v) is 5.91. The Kier molecular flexibility index (Phi) is 6.51. The third kappa shape index (κ3) is 5.22. The largest absolute Gasteiger partial charge is 0.436 e. The van der Waals surface area contributed by atoms with Crippen molar-refractivity contribution in [2.75, 3.05) is 23.3 Å². The molecule has 0 spiro atoms. The molecule has 1 atom stereocenters. The summed E-state index contributed by atoms with van der Waals surface area (Å²) >= 11 is 3.46. The minimum absolute atomic E-state index is 0.0278. The first kappa shape index (κ1) is 21.3. The van der Waals surface area contributed by atoms with Gasteiger partial charge in [-0.3, -0.25) is 4.79 Å². The summed E-state index contributed by atoms with van der Waals surface area (Å²) in [6.45, 7) is 5.41. The summed E-state index contributed by atoms with van der Waals surface area (Å²) in [5.41, 5.74) is 3.03. The average molecular weight is 481 g/mol. The number of benzene rings is 2. The second kappa shape index (κ2) is 9.47. The van der Waals surface area contributed by atoms with Crippen LogP contribution >= 0.6 is 15.9 Å². The summed E-state index contributed by atoms with van der Waals surface area (Å²) in [5, 5.41) is 3.09. The smallest absolute Gasteiger partial charge is 0.263 e. The summed E-state index contributed by atoms with van der Waals surface area (Å²) in [7, 11) is 0. The van der Waals surface area contributed by atoms with E-state index in [2.05, 4.69) is 36.1 Å². The molecular formula is C24H25BrN4O2. The van der Waals surface area contributed by atoms with Crippen molar-refractivity contribution < 1.29 is 9.53 Å². The Morgan fingerprint density at radius 2 is 1.90 bits per heavy atom. The number of anilines is 2. The first-order valence-corrected chi connectivity index (χ1v) is 11.2. The lowest BCUT2D eigenvalue weighted by Gasteiger charge is -2.33. The van der Waals surface area contributed by atoms with Crippen LogP contribution in [0.3, 0.4) is 0 Å². The number of aromatic nitrogens is 2. The second-order valence-corrected chi connectivity index (χ2v) is 8.75. The van der Waals surface area contributed by atoms with Crippen LogP contribution in [-0.4, -0.2) is 29.0 Å². The highest BCUT2D eigenvalue weighted by molar-refractivity contribution is 9.10. The van der Waals surface area contributed by atoms with Gasteiger partial charge in [-0.1, -0.05) is 33.6 Å². The van der Waals surface area contributed by atoms with Crippen LogP contribution in [0.4, 0.5) is 11.5 Å². The number of hydrogen-bond acceptors (Lipinski definition) is 5. The molecule has 31 heavy (non-hydrogen) atoms. The molecule has 4 rings (SSSR count). The first-order chi connectivity index (χ1) is 15.0. The third-order valence-electron chi connectivity index (χ3n) is 5.42. The van der Waals surface area contributed by atoms with Crippen molar-refractivity contribution >= 4 is 33.3 Å². The summed E-state index contributed by atoms with van der Waals surface area (Å²) in [4.78, 5) is 24.0. The quantitative estimate of drug-likeness (QED) is 0.521. The van der Waals surface area contributed by atoms with Crippen molar-refractivity contribution in [3.8, 4) is 11.6 Å². The predicted molar refractivity (Wildman–Crippen MR) is 126 cm³/mol. The number of piperidine rings is 1. The standard InChI is InChI=1S/C24H25BrN4O2/c1-16-5-8-20(9-6-16)31-24-22(26-11-12-27-24)29-13-3-4-18(15-29)23(30)28-21-10-7-19(25)14-17(21)2/h5-12,14,18H,3-4,13,15H2,1-2H3,(H,28,30)/t18-/m1/s1. The molecule has 2 aromatic carbocycles. The van der Waals surface area contributed by atoms with E-state index in [0.717, 1.165) is 40.7 Å². The summed E-state index contributed by atoms with van der Waals surface area (Å²) in [6.07, 6.45) is 5.02. The fraction of sp³-hybridized carbons (Fsp3) is 0.292. The van der Waals surface area contributed by atoms with Gasteiger partial charge in [-0.25, -0.2) is 9.97 Å². The maximum atomic E-state index is 13.0. The van der Waals surface area contributed by atoms with E-state index in [0.29, 0.717) is 24.0 Å². The van der Waals surface area contributed by atoms with Crippen LogP contribution in [0.15, 0.2) is 59.3 Å². The van der Waals surface area contributed by atoms with Crippen molar-refractivity contribution in [3.63, 3.8) is 0 Å². The number of carbonyl (C=O) groups excluding carboxylic acids is 1. The molecule has 1 amide bonds. The van der Waals surface area contributed by atoms with Gasteiger partial charge in [0.05, 0.1) is 5.92 Å². The van der Waals surface area contributed by atoms with Gasteiger partial charge in [0.15, 0.2) is 5.82 Å². The number of nitrogens with one attached hydrogen (secondary N) is 1. The van der Waals surface area contributed by atoms with Crippen molar-refractivity contribution in [3.05, 3.63) is 70.5 Å². The van der Waals surface area contributed by atoms with Crippen LogP contribution in [0.25, 0.3) is 0 Å². The Morgan fingerprint density at radius 1 is 1.13 bits per heavy atom. The van der Waals surface area contributed by atoms with Crippen LogP contribution in [0, 0.1) is 19.8 Å². The monoisotopic (exact) mass is 480 g/mol. The SMILES string of the molecule is Cc1ccc(Oc2nccnc2N2CCC[C@@H](C(=O)Nc3ccc(Br)cc3C)C2)cc1. The summed E-state index contributed by atoms with van der Waals surface area (Å²) in [6, 6.07) is 13.7. The molecule has 0 bridgehead atoms. The number of amides is 1. The number of hydrogen-bond donors (Lipinski definition) is 1. The minimum Gasteiger partial charge on any atom is -0.436 e. The van der Waals surface area contributed by atoms with Gasteiger partial charge in [0.2, 0.25) is 5.91 Å². The molecule has 0 saturated carbocycles. The summed E-state index contributed by atoms with van der Waals surface area (Å²) < 4.78 is 7.01. The lowest BCUT2D eigenvalue weighted by Crippen LogP contribution is -2.41. The van der Waals surface area contributed by atoms with Crippen LogP contribution in [0.5, 0.6) is 11.6 Å². The van der Waals surface area contributed by atoms with Gasteiger partial charge < -0.3 is 15.0 Å². The first-order valence-electron chi connectivity index (χ1n) is 10.4. The fourth-order valence-electron chi connectivity index (χ4n) is 3.71.